The third kappa shape index (κ3) is 4.19. The van der Waals surface area contributed by atoms with Crippen molar-refractivity contribution in [2.45, 2.75) is 39.0 Å². The van der Waals surface area contributed by atoms with Crippen LogP contribution in [0.2, 0.25) is 0 Å². The number of benzene rings is 1. The number of nitrogens with zero attached hydrogens (tertiary/aromatic N) is 1. The first-order valence-electron chi connectivity index (χ1n) is 8.01. The van der Waals surface area contributed by atoms with E-state index in [2.05, 4.69) is 17.6 Å². The highest BCUT2D eigenvalue weighted by molar-refractivity contribution is 5.78. The largest absolute Gasteiger partial charge is 0.380 e. The summed E-state index contributed by atoms with van der Waals surface area (Å²) in [6.07, 6.45) is 5.72. The van der Waals surface area contributed by atoms with Crippen LogP contribution in [-0.4, -0.2) is 6.54 Å². The van der Waals surface area contributed by atoms with E-state index in [-0.39, 0.29) is 0 Å². The molecule has 0 heterocycles. The molecule has 2 aromatic rings. The minimum absolute atomic E-state index is 0.313. The average molecular weight is 311 g/mol. The molecule has 0 unspecified atom stereocenters. The first-order chi connectivity index (χ1) is 11.2. The van der Waals surface area contributed by atoms with Crippen molar-refractivity contribution in [1.29, 1.82) is 5.26 Å². The Kier molecular flexibility index (Phi) is 5.93. The summed E-state index contributed by atoms with van der Waals surface area (Å²) in [5.41, 5.74) is 0.953. The lowest BCUT2D eigenvalue weighted by Crippen LogP contribution is -2.36. The zero-order chi connectivity index (χ0) is 16.7. The van der Waals surface area contributed by atoms with Gasteiger partial charge in [-0.15, -0.1) is 0 Å². The first-order valence-corrected chi connectivity index (χ1v) is 8.01. The third-order valence-corrected chi connectivity index (χ3v) is 3.78. The maximum absolute atomic E-state index is 11.7. The third-order valence-electron chi connectivity index (χ3n) is 3.78. The van der Waals surface area contributed by atoms with Crippen molar-refractivity contribution in [1.82, 2.24) is 0 Å². The zero-order valence-electron chi connectivity index (χ0n) is 13.3. The van der Waals surface area contributed by atoms with Gasteiger partial charge < -0.3 is 10.6 Å². The number of rotatable bonds is 9. The van der Waals surface area contributed by atoms with Crippen LogP contribution in [0.3, 0.4) is 0 Å². The summed E-state index contributed by atoms with van der Waals surface area (Å²) in [6, 6.07) is 8.78. The van der Waals surface area contributed by atoms with E-state index in [1.807, 2.05) is 6.07 Å². The molecule has 2 rings (SSSR count). The van der Waals surface area contributed by atoms with E-state index in [0.29, 0.717) is 29.2 Å². The van der Waals surface area contributed by atoms with Crippen LogP contribution < -0.4 is 21.5 Å². The van der Waals surface area contributed by atoms with Crippen molar-refractivity contribution < 1.29 is 0 Å². The Balaban J connectivity index is 1.92. The van der Waals surface area contributed by atoms with Crippen LogP contribution in [0.5, 0.6) is 0 Å². The average Bonchev–Trinajstić information content (AvgIpc) is 2.59. The van der Waals surface area contributed by atoms with Crippen LogP contribution >= 0.6 is 0 Å². The van der Waals surface area contributed by atoms with E-state index in [1.165, 1.54) is 19.3 Å². The van der Waals surface area contributed by atoms with Crippen molar-refractivity contribution in [2.24, 2.45) is 0 Å². The molecule has 0 aliphatic heterocycles. The Morgan fingerprint density at radius 3 is 2.26 bits per heavy atom. The number of nitriles is 1. The van der Waals surface area contributed by atoms with Crippen LogP contribution in [0.25, 0.3) is 0 Å². The Labute approximate surface area is 135 Å². The van der Waals surface area contributed by atoms with Gasteiger partial charge in [0.05, 0.1) is 11.6 Å². The summed E-state index contributed by atoms with van der Waals surface area (Å²) in [5.74, 6) is 0. The Morgan fingerprint density at radius 1 is 0.957 bits per heavy atom. The molecule has 2 N–H and O–H groups in total. The lowest BCUT2D eigenvalue weighted by Gasteiger charge is -2.14. The van der Waals surface area contributed by atoms with Gasteiger partial charge in [0.2, 0.25) is 0 Å². The van der Waals surface area contributed by atoms with E-state index < -0.39 is 10.9 Å². The molecular weight excluding hydrogens is 290 g/mol. The topological polar surface area (TPSA) is 82.0 Å². The van der Waals surface area contributed by atoms with Crippen LogP contribution in [-0.2, 0) is 0 Å². The minimum atomic E-state index is -0.497. The van der Waals surface area contributed by atoms with Gasteiger partial charge in [0.25, 0.3) is 10.9 Å². The van der Waals surface area contributed by atoms with Crippen molar-refractivity contribution in [3.05, 3.63) is 50.3 Å². The molecule has 5 nitrogen and oxygen atoms in total. The molecule has 120 valence electrons. The predicted octanol–water partition coefficient (Wildman–Crippen LogP) is 3.28. The summed E-state index contributed by atoms with van der Waals surface area (Å²) < 4.78 is 0. The van der Waals surface area contributed by atoms with Crippen molar-refractivity contribution in [2.75, 3.05) is 17.2 Å². The van der Waals surface area contributed by atoms with Gasteiger partial charge in [-0.25, -0.2) is 0 Å². The normalized spacial score (nSPS) is 10.4. The number of hydrogen-bond acceptors (Lipinski definition) is 5. The summed E-state index contributed by atoms with van der Waals surface area (Å²) >= 11 is 0. The lowest BCUT2D eigenvalue weighted by molar-refractivity contribution is 0.645. The summed E-state index contributed by atoms with van der Waals surface area (Å²) in [6.45, 7) is 2.86. The molecule has 0 fully saturated rings. The summed E-state index contributed by atoms with van der Waals surface area (Å²) in [7, 11) is 0. The maximum atomic E-state index is 11.7. The number of unbranched alkanes of at least 4 members (excludes halogenated alkanes) is 4. The highest BCUT2D eigenvalue weighted by atomic mass is 16.2. The summed E-state index contributed by atoms with van der Waals surface area (Å²) in [5, 5.41) is 14.8. The fraction of sp³-hybridized carbons (Fsp3) is 0.389. The highest BCUT2D eigenvalue weighted by Gasteiger charge is 2.20. The second kappa shape index (κ2) is 8.14. The predicted molar refractivity (Wildman–Crippen MR) is 93.0 cm³/mol. The maximum Gasteiger partial charge on any atom is 0.253 e. The van der Waals surface area contributed by atoms with Gasteiger partial charge in [0.1, 0.15) is 11.4 Å². The molecule has 0 saturated heterocycles. The second-order valence-electron chi connectivity index (χ2n) is 5.56. The smallest absolute Gasteiger partial charge is 0.253 e. The fourth-order valence-electron chi connectivity index (χ4n) is 2.39. The van der Waals surface area contributed by atoms with E-state index in [4.69, 9.17) is 5.26 Å². The van der Waals surface area contributed by atoms with Crippen LogP contribution in [0.1, 0.15) is 44.6 Å². The van der Waals surface area contributed by atoms with Gasteiger partial charge in [-0.05, 0) is 30.7 Å². The molecule has 0 spiro atoms. The standard InChI is InChI=1S/C18H21N3O2/c1-2-3-4-5-6-11-20-15-16(18(23)17(15)22)21-14-9-7-13(12-19)8-10-14/h7-10,20-21H,2-6,11H2,1H3. The van der Waals surface area contributed by atoms with Gasteiger partial charge in [-0.2, -0.15) is 5.26 Å². The Morgan fingerprint density at radius 2 is 1.61 bits per heavy atom. The Hall–Kier alpha value is -2.61. The van der Waals surface area contributed by atoms with Crippen molar-refractivity contribution >= 4 is 17.1 Å². The monoisotopic (exact) mass is 311 g/mol. The Bertz CT molecular complexity index is 750. The quantitative estimate of drug-likeness (QED) is 0.548. The van der Waals surface area contributed by atoms with Crippen LogP contribution in [0, 0.1) is 11.3 Å². The van der Waals surface area contributed by atoms with E-state index in [9.17, 15) is 9.59 Å². The SMILES string of the molecule is CCCCCCCNc1c(Nc2ccc(C#N)cc2)c(=O)c1=O. The van der Waals surface area contributed by atoms with Gasteiger partial charge in [-0.1, -0.05) is 32.6 Å². The molecule has 0 atom stereocenters. The van der Waals surface area contributed by atoms with Gasteiger partial charge in [0, 0.05) is 12.2 Å². The van der Waals surface area contributed by atoms with Gasteiger partial charge in [-0.3, -0.25) is 9.59 Å². The second-order valence-corrected chi connectivity index (χ2v) is 5.56. The van der Waals surface area contributed by atoms with E-state index in [0.717, 1.165) is 12.8 Å². The molecule has 0 radical (unpaired) electrons. The molecule has 0 aromatic heterocycles. The number of anilines is 3. The molecule has 0 aliphatic carbocycles. The molecule has 0 saturated carbocycles. The molecule has 5 heteroatoms. The van der Waals surface area contributed by atoms with E-state index >= 15 is 0 Å². The van der Waals surface area contributed by atoms with Gasteiger partial charge >= 0.3 is 0 Å². The minimum Gasteiger partial charge on any atom is -0.380 e. The molecule has 0 bridgehead atoms. The highest BCUT2D eigenvalue weighted by Crippen LogP contribution is 2.21. The molecule has 2 aromatic carbocycles. The van der Waals surface area contributed by atoms with E-state index in [1.54, 1.807) is 24.3 Å². The summed E-state index contributed by atoms with van der Waals surface area (Å²) in [4.78, 5) is 23.4. The first kappa shape index (κ1) is 16.8. The van der Waals surface area contributed by atoms with Gasteiger partial charge in [0.15, 0.2) is 0 Å². The molecular formula is C18H21N3O2. The molecule has 0 amide bonds. The van der Waals surface area contributed by atoms with Crippen molar-refractivity contribution in [3.63, 3.8) is 0 Å². The van der Waals surface area contributed by atoms with Crippen LogP contribution in [0.15, 0.2) is 33.9 Å². The molecule has 0 aliphatic rings. The lowest BCUT2D eigenvalue weighted by atomic mass is 10.1. The zero-order valence-corrected chi connectivity index (χ0v) is 13.3. The number of hydrogen-bond donors (Lipinski definition) is 2. The fourth-order valence-corrected chi connectivity index (χ4v) is 2.39. The number of nitrogens with one attached hydrogen (secondary N) is 2. The van der Waals surface area contributed by atoms with Crippen LogP contribution in [0.4, 0.5) is 17.1 Å². The van der Waals surface area contributed by atoms with Crippen molar-refractivity contribution in [3.8, 4) is 6.07 Å². The molecule has 23 heavy (non-hydrogen) atoms.